The van der Waals surface area contributed by atoms with Crippen LogP contribution in [-0.2, 0) is 0 Å². The Kier molecular flexibility index (Phi) is 4.98. The molecule has 0 atom stereocenters. The van der Waals surface area contributed by atoms with E-state index >= 15 is 0 Å². The van der Waals surface area contributed by atoms with E-state index < -0.39 is 0 Å². The van der Waals surface area contributed by atoms with Gasteiger partial charge in [0.05, 0.1) is 0 Å². The summed E-state index contributed by atoms with van der Waals surface area (Å²) >= 11 is 0. The van der Waals surface area contributed by atoms with Gasteiger partial charge in [0.25, 0.3) is 0 Å². The molecular weight excluding hydrogens is 182 g/mol. The minimum Gasteiger partial charge on any atom is -0.314 e. The highest BCUT2D eigenvalue weighted by atomic mass is 14.9. The van der Waals surface area contributed by atoms with Crippen LogP contribution in [0.15, 0.2) is 0 Å². The first-order valence-electron chi connectivity index (χ1n) is 7.02. The van der Waals surface area contributed by atoms with E-state index in [-0.39, 0.29) is 0 Å². The molecule has 2 saturated carbocycles. The maximum Gasteiger partial charge on any atom is 0.00670 e. The summed E-state index contributed by atoms with van der Waals surface area (Å²) in [4.78, 5) is 0. The minimum absolute atomic E-state index is 0.850. The topological polar surface area (TPSA) is 12.0 Å². The average Bonchev–Trinajstić information content (AvgIpc) is 2.32. The Balaban J connectivity index is 1.53. The molecule has 0 aromatic carbocycles. The van der Waals surface area contributed by atoms with Crippen LogP contribution in [0.3, 0.4) is 0 Å². The molecule has 1 N–H and O–H groups in total. The highest BCUT2D eigenvalue weighted by Gasteiger charge is 2.15. The molecule has 2 rings (SSSR count). The van der Waals surface area contributed by atoms with Crippen molar-refractivity contribution in [3.05, 3.63) is 5.92 Å². The van der Waals surface area contributed by atoms with Crippen molar-refractivity contribution in [1.29, 1.82) is 0 Å². The van der Waals surface area contributed by atoms with E-state index in [4.69, 9.17) is 0 Å². The third-order valence-corrected chi connectivity index (χ3v) is 4.08. The van der Waals surface area contributed by atoms with Crippen LogP contribution in [-0.4, -0.2) is 12.6 Å². The highest BCUT2D eigenvalue weighted by molar-refractivity contribution is 4.93. The van der Waals surface area contributed by atoms with Crippen LogP contribution in [0, 0.1) is 5.92 Å². The zero-order valence-electron chi connectivity index (χ0n) is 10.1. The lowest BCUT2D eigenvalue weighted by atomic mass is 9.87. The zero-order valence-corrected chi connectivity index (χ0v) is 10.1. The van der Waals surface area contributed by atoms with Crippen molar-refractivity contribution in [3.8, 4) is 0 Å². The molecule has 15 heavy (non-hydrogen) atoms. The van der Waals surface area contributed by atoms with Crippen molar-refractivity contribution < 1.29 is 0 Å². The summed E-state index contributed by atoms with van der Waals surface area (Å²) in [5.74, 6) is 1.84. The van der Waals surface area contributed by atoms with E-state index in [9.17, 15) is 0 Å². The van der Waals surface area contributed by atoms with E-state index in [1.165, 1.54) is 77.2 Å². The van der Waals surface area contributed by atoms with Gasteiger partial charge < -0.3 is 5.32 Å². The monoisotopic (exact) mass is 208 g/mol. The fourth-order valence-corrected chi connectivity index (χ4v) is 3.06. The third kappa shape index (κ3) is 4.14. The number of hydrogen-bond acceptors (Lipinski definition) is 1. The maximum absolute atomic E-state index is 3.75. The first-order chi connectivity index (χ1) is 7.45. The van der Waals surface area contributed by atoms with Gasteiger partial charge in [0.2, 0.25) is 0 Å². The fourth-order valence-electron chi connectivity index (χ4n) is 3.06. The zero-order chi connectivity index (χ0) is 10.3. The van der Waals surface area contributed by atoms with Crippen molar-refractivity contribution in [2.75, 3.05) is 6.54 Å². The van der Waals surface area contributed by atoms with E-state index in [2.05, 4.69) is 5.32 Å². The molecule has 1 radical (unpaired) electrons. The molecule has 2 aliphatic carbocycles. The lowest BCUT2D eigenvalue weighted by molar-refractivity contribution is 0.368. The van der Waals surface area contributed by atoms with Crippen LogP contribution in [0.1, 0.15) is 70.6 Å². The Morgan fingerprint density at radius 1 is 0.867 bits per heavy atom. The summed E-state index contributed by atoms with van der Waals surface area (Å²) in [6, 6.07) is 0.850. The van der Waals surface area contributed by atoms with Gasteiger partial charge in [-0.2, -0.15) is 0 Å². The van der Waals surface area contributed by atoms with Crippen LogP contribution < -0.4 is 5.32 Å². The van der Waals surface area contributed by atoms with Crippen LogP contribution in [0.25, 0.3) is 0 Å². The van der Waals surface area contributed by atoms with E-state index in [1.54, 1.807) is 0 Å². The van der Waals surface area contributed by atoms with Gasteiger partial charge in [-0.3, -0.25) is 0 Å². The second-order valence-electron chi connectivity index (χ2n) is 5.35. The number of hydrogen-bond donors (Lipinski definition) is 1. The second kappa shape index (κ2) is 6.52. The molecule has 0 saturated heterocycles. The Morgan fingerprint density at radius 3 is 2.27 bits per heavy atom. The van der Waals surface area contributed by atoms with Gasteiger partial charge in [0.15, 0.2) is 0 Å². The van der Waals surface area contributed by atoms with Gasteiger partial charge in [0, 0.05) is 6.04 Å². The van der Waals surface area contributed by atoms with Crippen LogP contribution in [0.5, 0.6) is 0 Å². The number of nitrogens with one attached hydrogen (secondary N) is 1. The fraction of sp³-hybridized carbons (Fsp3) is 0.929. The molecule has 0 aromatic rings. The SMILES string of the molecule is C1CC[C](CCNC2CCCCC2)CC1. The first kappa shape index (κ1) is 11.4. The Labute approximate surface area is 95.0 Å². The van der Waals surface area contributed by atoms with Crippen LogP contribution in [0.4, 0.5) is 0 Å². The Morgan fingerprint density at radius 2 is 1.53 bits per heavy atom. The standard InChI is InChI=1S/C14H26N/c1-3-7-13(8-4-1)11-12-15-14-9-5-2-6-10-14/h14-15H,1-12H2. The molecule has 2 aliphatic rings. The summed E-state index contributed by atoms with van der Waals surface area (Å²) in [5, 5.41) is 3.75. The van der Waals surface area contributed by atoms with Crippen molar-refractivity contribution in [1.82, 2.24) is 5.32 Å². The predicted octanol–water partition coefficient (Wildman–Crippen LogP) is 3.84. The molecule has 2 fully saturated rings. The van der Waals surface area contributed by atoms with Crippen LogP contribution >= 0.6 is 0 Å². The summed E-state index contributed by atoms with van der Waals surface area (Å²) in [6.45, 7) is 1.25. The van der Waals surface area contributed by atoms with Gasteiger partial charge in [-0.15, -0.1) is 0 Å². The molecule has 0 unspecified atom stereocenters. The average molecular weight is 208 g/mol. The Hall–Kier alpha value is -0.0400. The molecule has 0 spiro atoms. The molecular formula is C14H26N. The van der Waals surface area contributed by atoms with Gasteiger partial charge >= 0.3 is 0 Å². The van der Waals surface area contributed by atoms with Crippen molar-refractivity contribution in [2.24, 2.45) is 0 Å². The molecule has 0 heterocycles. The van der Waals surface area contributed by atoms with Crippen molar-refractivity contribution >= 4 is 0 Å². The van der Waals surface area contributed by atoms with Crippen molar-refractivity contribution in [3.63, 3.8) is 0 Å². The van der Waals surface area contributed by atoms with Gasteiger partial charge in [-0.1, -0.05) is 38.5 Å². The van der Waals surface area contributed by atoms with Crippen LogP contribution in [0.2, 0.25) is 0 Å². The van der Waals surface area contributed by atoms with Gasteiger partial charge in [-0.05, 0) is 44.6 Å². The lowest BCUT2D eigenvalue weighted by Gasteiger charge is -2.25. The molecule has 0 amide bonds. The molecule has 1 heteroatoms. The summed E-state index contributed by atoms with van der Waals surface area (Å²) in [6.07, 6.45) is 15.8. The maximum atomic E-state index is 3.75. The lowest BCUT2D eigenvalue weighted by Crippen LogP contribution is -2.32. The van der Waals surface area contributed by atoms with E-state index in [1.807, 2.05) is 5.92 Å². The third-order valence-electron chi connectivity index (χ3n) is 4.08. The van der Waals surface area contributed by atoms with Gasteiger partial charge in [-0.25, -0.2) is 0 Å². The van der Waals surface area contributed by atoms with Crippen molar-refractivity contribution in [2.45, 2.75) is 76.7 Å². The second-order valence-corrected chi connectivity index (χ2v) is 5.35. The molecule has 0 aliphatic heterocycles. The van der Waals surface area contributed by atoms with Gasteiger partial charge in [0.1, 0.15) is 0 Å². The number of rotatable bonds is 4. The molecule has 1 nitrogen and oxygen atoms in total. The normalized spacial score (nSPS) is 25.6. The summed E-state index contributed by atoms with van der Waals surface area (Å²) in [7, 11) is 0. The minimum atomic E-state index is 0.850. The first-order valence-corrected chi connectivity index (χ1v) is 7.02. The molecule has 87 valence electrons. The Bertz CT molecular complexity index is 137. The van der Waals surface area contributed by atoms with E-state index in [0.717, 1.165) is 6.04 Å². The molecule has 0 aromatic heterocycles. The quantitative estimate of drug-likeness (QED) is 0.740. The largest absolute Gasteiger partial charge is 0.314 e. The van der Waals surface area contributed by atoms with E-state index in [0.29, 0.717) is 0 Å². The highest BCUT2D eigenvalue weighted by Crippen LogP contribution is 2.28. The summed E-state index contributed by atoms with van der Waals surface area (Å²) in [5.41, 5.74) is 0. The summed E-state index contributed by atoms with van der Waals surface area (Å²) < 4.78 is 0. The predicted molar refractivity (Wildman–Crippen MR) is 65.8 cm³/mol. The molecule has 0 bridgehead atoms. The smallest absolute Gasteiger partial charge is 0.00670 e.